The van der Waals surface area contributed by atoms with Crippen LogP contribution in [0.1, 0.15) is 42.4 Å². The second-order valence-corrected chi connectivity index (χ2v) is 6.25. The summed E-state index contributed by atoms with van der Waals surface area (Å²) >= 11 is 1.45. The number of nitrogens with one attached hydrogen (secondary N) is 1. The summed E-state index contributed by atoms with van der Waals surface area (Å²) in [7, 11) is 0. The van der Waals surface area contributed by atoms with Crippen LogP contribution in [0.25, 0.3) is 0 Å². The molecule has 2 N–H and O–H groups in total. The lowest BCUT2D eigenvalue weighted by Crippen LogP contribution is -2.44. The Morgan fingerprint density at radius 3 is 2.59 bits per heavy atom. The predicted molar refractivity (Wildman–Crippen MR) is 71.5 cm³/mol. The largest absolute Gasteiger partial charge is 0.396 e. The van der Waals surface area contributed by atoms with Crippen molar-refractivity contribution < 1.29 is 9.90 Å². The van der Waals surface area contributed by atoms with E-state index in [1.54, 1.807) is 0 Å². The lowest BCUT2D eigenvalue weighted by atomic mass is 9.85. The first kappa shape index (κ1) is 14.2. The van der Waals surface area contributed by atoms with Crippen molar-refractivity contribution in [1.29, 1.82) is 0 Å². The summed E-state index contributed by atoms with van der Waals surface area (Å²) in [6.07, 6.45) is 0.583. The van der Waals surface area contributed by atoms with Crippen LogP contribution in [0.15, 0.2) is 11.4 Å². The fourth-order valence-electron chi connectivity index (χ4n) is 1.68. The van der Waals surface area contributed by atoms with Gasteiger partial charge in [-0.25, -0.2) is 0 Å². The van der Waals surface area contributed by atoms with Crippen LogP contribution >= 0.6 is 11.3 Å². The number of aliphatic hydroxyl groups is 1. The van der Waals surface area contributed by atoms with E-state index in [-0.39, 0.29) is 24.0 Å². The summed E-state index contributed by atoms with van der Waals surface area (Å²) < 4.78 is 0. The Kier molecular flexibility index (Phi) is 4.71. The van der Waals surface area contributed by atoms with Crippen LogP contribution in [0.4, 0.5) is 0 Å². The van der Waals surface area contributed by atoms with Gasteiger partial charge in [-0.2, -0.15) is 0 Å². The van der Waals surface area contributed by atoms with E-state index in [9.17, 15) is 4.79 Å². The molecule has 0 bridgehead atoms. The maximum atomic E-state index is 12.1. The molecule has 0 aliphatic heterocycles. The van der Waals surface area contributed by atoms with Gasteiger partial charge in [0.25, 0.3) is 5.91 Å². The Morgan fingerprint density at radius 2 is 2.18 bits per heavy atom. The van der Waals surface area contributed by atoms with Crippen LogP contribution in [0.2, 0.25) is 0 Å². The van der Waals surface area contributed by atoms with Gasteiger partial charge in [0.1, 0.15) is 0 Å². The van der Waals surface area contributed by atoms with E-state index in [1.807, 2.05) is 18.4 Å². The molecule has 1 aromatic heterocycles. The fraction of sp³-hybridized carbons (Fsp3) is 0.615. The van der Waals surface area contributed by atoms with Crippen LogP contribution in [0.3, 0.4) is 0 Å². The molecule has 4 heteroatoms. The number of rotatable bonds is 4. The maximum Gasteiger partial charge on any atom is 0.261 e. The van der Waals surface area contributed by atoms with Crippen molar-refractivity contribution in [2.45, 2.75) is 40.2 Å². The zero-order valence-electron chi connectivity index (χ0n) is 10.9. The standard InChI is InChI=1S/C13H21NO2S/c1-9-6-8-17-11(9)12(16)14-10(5-7-15)13(2,3)4/h6,8,10,15H,5,7H2,1-4H3,(H,14,16)/t10-/m0/s1. The van der Waals surface area contributed by atoms with Gasteiger partial charge in [-0.15, -0.1) is 11.3 Å². The lowest BCUT2D eigenvalue weighted by molar-refractivity contribution is 0.0889. The van der Waals surface area contributed by atoms with E-state index in [1.165, 1.54) is 11.3 Å². The molecule has 0 spiro atoms. The third-order valence-corrected chi connectivity index (χ3v) is 3.85. The number of thiophene rings is 1. The van der Waals surface area contributed by atoms with Crippen molar-refractivity contribution >= 4 is 17.2 Å². The Bertz CT molecular complexity index is 379. The molecule has 1 rings (SSSR count). The molecule has 96 valence electrons. The fourth-order valence-corrected chi connectivity index (χ4v) is 2.51. The number of aryl methyl sites for hydroxylation is 1. The highest BCUT2D eigenvalue weighted by Crippen LogP contribution is 2.23. The van der Waals surface area contributed by atoms with Crippen molar-refractivity contribution in [2.75, 3.05) is 6.61 Å². The van der Waals surface area contributed by atoms with Crippen LogP contribution < -0.4 is 5.32 Å². The van der Waals surface area contributed by atoms with Crippen LogP contribution in [-0.2, 0) is 0 Å². The van der Waals surface area contributed by atoms with E-state index < -0.39 is 0 Å². The van der Waals surface area contributed by atoms with Crippen LogP contribution in [0.5, 0.6) is 0 Å². The van der Waals surface area contributed by atoms with Crippen molar-refractivity contribution in [3.05, 3.63) is 21.9 Å². The topological polar surface area (TPSA) is 49.3 Å². The van der Waals surface area contributed by atoms with E-state index in [0.29, 0.717) is 6.42 Å². The van der Waals surface area contributed by atoms with Crippen LogP contribution in [0, 0.1) is 12.3 Å². The molecule has 1 amide bonds. The molecule has 0 saturated heterocycles. The van der Waals surface area contributed by atoms with Gasteiger partial charge in [0.05, 0.1) is 4.88 Å². The summed E-state index contributed by atoms with van der Waals surface area (Å²) in [6.45, 7) is 8.22. The molecule has 0 unspecified atom stereocenters. The van der Waals surface area contributed by atoms with Gasteiger partial charge in [0, 0.05) is 12.6 Å². The second-order valence-electron chi connectivity index (χ2n) is 5.34. The predicted octanol–water partition coefficient (Wildman–Crippen LogP) is 2.58. The molecule has 0 fully saturated rings. The molecule has 0 aliphatic carbocycles. The normalized spacial score (nSPS) is 13.5. The Labute approximate surface area is 107 Å². The minimum Gasteiger partial charge on any atom is -0.396 e. The van der Waals surface area contributed by atoms with Gasteiger partial charge in [-0.05, 0) is 35.8 Å². The number of hydrogen-bond acceptors (Lipinski definition) is 3. The zero-order chi connectivity index (χ0) is 13.1. The van der Waals surface area contributed by atoms with Gasteiger partial charge in [0.2, 0.25) is 0 Å². The Balaban J connectivity index is 2.75. The SMILES string of the molecule is Cc1ccsc1C(=O)N[C@@H](CCO)C(C)(C)C. The first-order valence-corrected chi connectivity index (χ1v) is 6.70. The smallest absolute Gasteiger partial charge is 0.261 e. The average molecular weight is 255 g/mol. The molecule has 0 aromatic carbocycles. The summed E-state index contributed by atoms with van der Waals surface area (Å²) in [6, 6.07) is 1.93. The maximum absolute atomic E-state index is 12.1. The number of aliphatic hydroxyl groups excluding tert-OH is 1. The van der Waals surface area contributed by atoms with E-state index in [0.717, 1.165) is 10.4 Å². The van der Waals surface area contributed by atoms with Gasteiger partial charge >= 0.3 is 0 Å². The molecule has 1 aromatic rings. The van der Waals surface area contributed by atoms with Crippen molar-refractivity contribution in [1.82, 2.24) is 5.32 Å². The van der Waals surface area contributed by atoms with Gasteiger partial charge in [-0.3, -0.25) is 4.79 Å². The van der Waals surface area contributed by atoms with Gasteiger partial charge in [0.15, 0.2) is 0 Å². The molecule has 0 saturated carbocycles. The average Bonchev–Trinajstić information content (AvgIpc) is 2.62. The van der Waals surface area contributed by atoms with Crippen molar-refractivity contribution in [2.24, 2.45) is 5.41 Å². The first-order chi connectivity index (χ1) is 7.86. The Morgan fingerprint density at radius 1 is 1.53 bits per heavy atom. The minimum absolute atomic E-state index is 0.0125. The van der Waals surface area contributed by atoms with E-state index >= 15 is 0 Å². The zero-order valence-corrected chi connectivity index (χ0v) is 11.7. The van der Waals surface area contributed by atoms with E-state index in [4.69, 9.17) is 5.11 Å². The molecule has 17 heavy (non-hydrogen) atoms. The molecule has 1 atom stereocenters. The summed E-state index contributed by atoms with van der Waals surface area (Å²) in [5.41, 5.74) is 0.952. The van der Waals surface area contributed by atoms with E-state index in [2.05, 4.69) is 26.1 Å². The molecular weight excluding hydrogens is 234 g/mol. The van der Waals surface area contributed by atoms with Gasteiger partial charge in [-0.1, -0.05) is 20.8 Å². The van der Waals surface area contributed by atoms with Crippen molar-refractivity contribution in [3.8, 4) is 0 Å². The third kappa shape index (κ3) is 3.82. The number of amides is 1. The summed E-state index contributed by atoms with van der Waals surface area (Å²) in [5, 5.41) is 14.0. The quantitative estimate of drug-likeness (QED) is 0.868. The van der Waals surface area contributed by atoms with Crippen LogP contribution in [-0.4, -0.2) is 23.7 Å². The third-order valence-electron chi connectivity index (χ3n) is 2.84. The molecular formula is C13H21NO2S. The molecule has 0 aliphatic rings. The molecule has 0 radical (unpaired) electrons. The lowest BCUT2D eigenvalue weighted by Gasteiger charge is -2.31. The first-order valence-electron chi connectivity index (χ1n) is 5.82. The Hall–Kier alpha value is -0.870. The monoisotopic (exact) mass is 255 g/mol. The molecule has 3 nitrogen and oxygen atoms in total. The number of hydrogen-bond donors (Lipinski definition) is 2. The van der Waals surface area contributed by atoms with Gasteiger partial charge < -0.3 is 10.4 Å². The second kappa shape index (κ2) is 5.65. The molecule has 1 heterocycles. The minimum atomic E-state index is -0.0520. The van der Waals surface area contributed by atoms with Crippen molar-refractivity contribution in [3.63, 3.8) is 0 Å². The number of carbonyl (C=O) groups is 1. The highest BCUT2D eigenvalue weighted by atomic mass is 32.1. The highest BCUT2D eigenvalue weighted by Gasteiger charge is 2.26. The summed E-state index contributed by atoms with van der Waals surface area (Å²) in [5.74, 6) is -0.0362. The summed E-state index contributed by atoms with van der Waals surface area (Å²) in [4.78, 5) is 12.8. The number of carbonyl (C=O) groups excluding carboxylic acids is 1. The highest BCUT2D eigenvalue weighted by molar-refractivity contribution is 7.12.